The molecule has 0 aromatic carbocycles. The van der Waals surface area contributed by atoms with E-state index in [1.54, 1.807) is 14.7 Å². The van der Waals surface area contributed by atoms with Gasteiger partial charge < -0.3 is 20.6 Å². The third-order valence-electron chi connectivity index (χ3n) is 5.32. The van der Waals surface area contributed by atoms with E-state index < -0.39 is 23.9 Å². The van der Waals surface area contributed by atoms with Crippen LogP contribution in [0.2, 0.25) is 5.28 Å². The van der Waals surface area contributed by atoms with Crippen LogP contribution >= 0.6 is 23.4 Å². The lowest BCUT2D eigenvalue weighted by atomic mass is 10.1. The number of hydrogen-bond donors (Lipinski definition) is 4. The SMILES string of the molecule is O=C(O)CN1CCN(CC(=O)O)CCN([C@@H](CCC(=O)NCCSc2nnc(Cl)nn2)C(=O)O)CC1. The molecule has 4 N–H and O–H groups in total. The van der Waals surface area contributed by atoms with E-state index in [1.807, 2.05) is 0 Å². The number of nitrogens with one attached hydrogen (secondary N) is 1. The van der Waals surface area contributed by atoms with Crippen molar-refractivity contribution in [1.82, 2.24) is 40.4 Å². The average molecular weight is 549 g/mol. The predicted molar refractivity (Wildman–Crippen MR) is 127 cm³/mol. The standard InChI is InChI=1S/C19H29ClN8O7S/c20-18-22-24-19(25-23-18)36-10-3-21-14(29)2-1-13(17(34)35)28-8-6-26(11-15(30)31)4-5-27(7-9-28)12-16(32)33/h13H,1-12H2,(H,21,29)(H,30,31)(H,32,33)(H,34,35)/t13-/m0/s1. The van der Waals surface area contributed by atoms with Crippen molar-refractivity contribution >= 4 is 47.2 Å². The van der Waals surface area contributed by atoms with Gasteiger partial charge in [-0.15, -0.1) is 20.4 Å². The highest BCUT2D eigenvalue weighted by atomic mass is 35.5. The first-order valence-corrected chi connectivity index (χ1v) is 12.5. The van der Waals surface area contributed by atoms with Gasteiger partial charge in [0.1, 0.15) is 6.04 Å². The smallest absolute Gasteiger partial charge is 0.320 e. The Morgan fingerprint density at radius 2 is 1.42 bits per heavy atom. The number of carbonyl (C=O) groups excluding carboxylic acids is 1. The molecule has 1 saturated heterocycles. The van der Waals surface area contributed by atoms with E-state index in [9.17, 15) is 24.3 Å². The summed E-state index contributed by atoms with van der Waals surface area (Å²) in [4.78, 5) is 51.7. The fourth-order valence-corrected chi connectivity index (χ4v) is 4.24. The van der Waals surface area contributed by atoms with Crippen LogP contribution in [0, 0.1) is 0 Å². The summed E-state index contributed by atoms with van der Waals surface area (Å²) in [6, 6.07) is -0.985. The number of hydrogen-bond acceptors (Lipinski definition) is 12. The van der Waals surface area contributed by atoms with Gasteiger partial charge in [-0.05, 0) is 18.0 Å². The van der Waals surface area contributed by atoms with Crippen molar-refractivity contribution in [1.29, 1.82) is 0 Å². The number of carboxylic acid groups (broad SMARTS) is 3. The molecule has 36 heavy (non-hydrogen) atoms. The lowest BCUT2D eigenvalue weighted by Gasteiger charge is -2.30. The zero-order valence-electron chi connectivity index (χ0n) is 19.5. The van der Waals surface area contributed by atoms with Crippen LogP contribution in [0.5, 0.6) is 0 Å². The van der Waals surface area contributed by atoms with Gasteiger partial charge in [-0.25, -0.2) is 0 Å². The van der Waals surface area contributed by atoms with Gasteiger partial charge in [0.2, 0.25) is 11.1 Å². The topological polar surface area (TPSA) is 202 Å². The molecule has 0 saturated carbocycles. The van der Waals surface area contributed by atoms with Gasteiger partial charge in [-0.2, -0.15) is 0 Å². The number of carboxylic acids is 3. The zero-order chi connectivity index (χ0) is 26.5. The van der Waals surface area contributed by atoms with E-state index in [2.05, 4.69) is 25.7 Å². The summed E-state index contributed by atoms with van der Waals surface area (Å²) in [5.41, 5.74) is 0. The Balaban J connectivity index is 1.89. The molecule has 1 atom stereocenters. The lowest BCUT2D eigenvalue weighted by Crippen LogP contribution is -2.47. The maximum atomic E-state index is 12.3. The first-order chi connectivity index (χ1) is 17.1. The number of carbonyl (C=O) groups is 4. The molecule has 1 aromatic rings. The molecule has 1 aliphatic heterocycles. The number of nitrogens with zero attached hydrogens (tertiary/aromatic N) is 7. The fraction of sp³-hybridized carbons (Fsp3) is 0.684. The Hall–Kier alpha value is -2.66. The van der Waals surface area contributed by atoms with Gasteiger partial charge in [0, 0.05) is 58.0 Å². The first-order valence-electron chi connectivity index (χ1n) is 11.1. The Morgan fingerprint density at radius 3 is 1.92 bits per heavy atom. The highest BCUT2D eigenvalue weighted by Gasteiger charge is 2.28. The summed E-state index contributed by atoms with van der Waals surface area (Å²) in [5.74, 6) is -3.02. The molecule has 1 amide bonds. The van der Waals surface area contributed by atoms with E-state index in [-0.39, 0.29) is 50.2 Å². The number of amides is 1. The quantitative estimate of drug-likeness (QED) is 0.163. The lowest BCUT2D eigenvalue weighted by molar-refractivity contribution is -0.144. The van der Waals surface area contributed by atoms with E-state index >= 15 is 0 Å². The van der Waals surface area contributed by atoms with Gasteiger partial charge in [-0.3, -0.25) is 33.9 Å². The molecule has 2 rings (SSSR count). The van der Waals surface area contributed by atoms with Crippen LogP contribution < -0.4 is 5.32 Å². The number of rotatable bonds is 13. The summed E-state index contributed by atoms with van der Waals surface area (Å²) in [7, 11) is 0. The van der Waals surface area contributed by atoms with Crippen LogP contribution in [-0.2, 0) is 19.2 Å². The van der Waals surface area contributed by atoms with Crippen LogP contribution in [0.1, 0.15) is 12.8 Å². The fourth-order valence-electron chi connectivity index (χ4n) is 3.59. The van der Waals surface area contributed by atoms with Crippen molar-refractivity contribution in [2.75, 3.05) is 64.7 Å². The van der Waals surface area contributed by atoms with Crippen LogP contribution in [0.4, 0.5) is 0 Å². The average Bonchev–Trinajstić information content (AvgIpc) is 2.89. The predicted octanol–water partition coefficient (Wildman–Crippen LogP) is -1.55. The Morgan fingerprint density at radius 1 is 0.889 bits per heavy atom. The van der Waals surface area contributed by atoms with E-state index in [0.29, 0.717) is 43.6 Å². The van der Waals surface area contributed by atoms with Gasteiger partial charge in [0.15, 0.2) is 0 Å². The van der Waals surface area contributed by atoms with Crippen molar-refractivity contribution in [3.63, 3.8) is 0 Å². The molecule has 15 nitrogen and oxygen atoms in total. The zero-order valence-corrected chi connectivity index (χ0v) is 21.0. The van der Waals surface area contributed by atoms with Crippen molar-refractivity contribution in [2.45, 2.75) is 24.0 Å². The third-order valence-corrected chi connectivity index (χ3v) is 6.30. The summed E-state index contributed by atoms with van der Waals surface area (Å²) in [5, 5.41) is 45.7. The van der Waals surface area contributed by atoms with Crippen LogP contribution in [-0.4, -0.2) is 145 Å². The molecule has 0 aliphatic carbocycles. The second-order valence-corrected chi connectivity index (χ2v) is 9.32. The molecule has 1 aliphatic rings. The number of aliphatic carboxylic acids is 3. The molecule has 0 unspecified atom stereocenters. The molecule has 1 fully saturated rings. The molecule has 1 aromatic heterocycles. The van der Waals surface area contributed by atoms with Gasteiger partial charge >= 0.3 is 17.9 Å². The number of halogens is 1. The molecular weight excluding hydrogens is 520 g/mol. The van der Waals surface area contributed by atoms with Crippen molar-refractivity contribution in [2.24, 2.45) is 0 Å². The summed E-state index contributed by atoms with van der Waals surface area (Å²) >= 11 is 6.74. The van der Waals surface area contributed by atoms with Crippen molar-refractivity contribution in [3.8, 4) is 0 Å². The normalized spacial score (nSPS) is 16.9. The molecular formula is C19H29ClN8O7S. The van der Waals surface area contributed by atoms with Crippen molar-refractivity contribution < 1.29 is 34.5 Å². The van der Waals surface area contributed by atoms with E-state index in [4.69, 9.17) is 21.8 Å². The Labute approximate surface area is 216 Å². The van der Waals surface area contributed by atoms with E-state index in [1.165, 1.54) is 11.8 Å². The summed E-state index contributed by atoms with van der Waals surface area (Å²) in [6.07, 6.45) is 0.0106. The molecule has 0 bridgehead atoms. The largest absolute Gasteiger partial charge is 0.480 e. The number of thioether (sulfide) groups is 1. The minimum atomic E-state index is -1.10. The highest BCUT2D eigenvalue weighted by molar-refractivity contribution is 7.99. The minimum Gasteiger partial charge on any atom is -0.480 e. The number of aromatic nitrogens is 4. The van der Waals surface area contributed by atoms with Crippen LogP contribution in [0.15, 0.2) is 5.16 Å². The van der Waals surface area contributed by atoms with Gasteiger partial charge in [0.05, 0.1) is 13.1 Å². The summed E-state index contributed by atoms with van der Waals surface area (Å²) < 4.78 is 0. The molecule has 0 radical (unpaired) electrons. The molecule has 17 heteroatoms. The second kappa shape index (κ2) is 15.5. The van der Waals surface area contributed by atoms with E-state index in [0.717, 1.165) is 0 Å². The molecule has 2 heterocycles. The monoisotopic (exact) mass is 548 g/mol. The summed E-state index contributed by atoms with van der Waals surface area (Å²) in [6.45, 7) is 1.66. The first kappa shape index (κ1) is 29.6. The maximum absolute atomic E-state index is 12.3. The van der Waals surface area contributed by atoms with Crippen LogP contribution in [0.3, 0.4) is 0 Å². The minimum absolute atomic E-state index is 0.0314. The maximum Gasteiger partial charge on any atom is 0.320 e. The second-order valence-electron chi connectivity index (χ2n) is 7.92. The van der Waals surface area contributed by atoms with Crippen LogP contribution in [0.25, 0.3) is 0 Å². The molecule has 0 spiro atoms. The van der Waals surface area contributed by atoms with Crippen molar-refractivity contribution in [3.05, 3.63) is 5.28 Å². The van der Waals surface area contributed by atoms with Gasteiger partial charge in [-0.1, -0.05) is 11.8 Å². The Bertz CT molecular complexity index is 869. The molecule has 200 valence electrons. The van der Waals surface area contributed by atoms with Gasteiger partial charge in [0.25, 0.3) is 5.28 Å². The third kappa shape index (κ3) is 11.4. The Kier molecular flexibility index (Phi) is 12.7. The highest BCUT2D eigenvalue weighted by Crippen LogP contribution is 2.12.